The average Bonchev–Trinajstić information content (AvgIpc) is 3.14. The van der Waals surface area contributed by atoms with Crippen LogP contribution in [0.4, 0.5) is 11.8 Å². The third kappa shape index (κ3) is 5.89. The molecule has 0 aliphatic carbocycles. The molecule has 2 aromatic heterocycles. The molecule has 0 saturated carbocycles. The summed E-state index contributed by atoms with van der Waals surface area (Å²) in [6, 6.07) is 3.41. The van der Waals surface area contributed by atoms with Crippen LogP contribution >= 0.6 is 11.6 Å². The van der Waals surface area contributed by atoms with Gasteiger partial charge in [-0.05, 0) is 48.9 Å². The topological polar surface area (TPSA) is 197 Å². The molecular weight excluding hydrogens is 452 g/mol. The number of hydrogen-bond donors (Lipinski definition) is 6. The molecule has 3 aromatic rings. The lowest BCUT2D eigenvalue weighted by atomic mass is 10.0. The van der Waals surface area contributed by atoms with Crippen molar-refractivity contribution in [1.82, 2.24) is 20.3 Å². The van der Waals surface area contributed by atoms with Gasteiger partial charge in [0.2, 0.25) is 5.95 Å². The Hall–Kier alpha value is -3.86. The highest BCUT2D eigenvalue weighted by atomic mass is 35.5. The number of aliphatic carboxylic acids is 2. The molecule has 0 radical (unpaired) electrons. The van der Waals surface area contributed by atoms with E-state index in [4.69, 9.17) is 28.2 Å². The van der Waals surface area contributed by atoms with E-state index in [1.165, 1.54) is 6.07 Å². The van der Waals surface area contributed by atoms with Gasteiger partial charge in [-0.3, -0.25) is 9.59 Å². The number of carboxylic acids is 2. The second-order valence-corrected chi connectivity index (χ2v) is 7.87. The highest BCUT2D eigenvalue weighted by Gasteiger charge is 2.22. The molecule has 1 atom stereocenters. The minimum Gasteiger partial charge on any atom is -0.481 e. The molecule has 174 valence electrons. The first-order valence-electron chi connectivity index (χ1n) is 10.1. The lowest BCUT2D eigenvalue weighted by Gasteiger charge is -2.14. The largest absolute Gasteiger partial charge is 0.481 e. The Morgan fingerprint density at radius 3 is 2.52 bits per heavy atom. The maximum atomic E-state index is 12.4. The molecule has 2 heterocycles. The van der Waals surface area contributed by atoms with E-state index in [0.29, 0.717) is 29.3 Å². The van der Waals surface area contributed by atoms with Gasteiger partial charge in [0.1, 0.15) is 17.5 Å². The van der Waals surface area contributed by atoms with Gasteiger partial charge in [0.05, 0.1) is 5.39 Å². The smallest absolute Gasteiger partial charge is 0.326 e. The summed E-state index contributed by atoms with van der Waals surface area (Å²) >= 11 is 6.34. The van der Waals surface area contributed by atoms with Crippen LogP contribution < -0.4 is 16.8 Å². The number of H-pyrrole nitrogens is 1. The van der Waals surface area contributed by atoms with Crippen LogP contribution in [0.1, 0.15) is 40.7 Å². The number of hydrogen-bond acceptors (Lipinski definition) is 7. The van der Waals surface area contributed by atoms with E-state index in [1.807, 2.05) is 6.20 Å². The number of nitrogen functional groups attached to an aromatic ring is 2. The molecular formula is C21H23ClN6O5. The van der Waals surface area contributed by atoms with Gasteiger partial charge >= 0.3 is 11.9 Å². The van der Waals surface area contributed by atoms with Crippen molar-refractivity contribution in [2.24, 2.45) is 0 Å². The molecule has 0 fully saturated rings. The highest BCUT2D eigenvalue weighted by Crippen LogP contribution is 2.25. The van der Waals surface area contributed by atoms with Gasteiger partial charge in [-0.2, -0.15) is 9.97 Å². The lowest BCUT2D eigenvalue weighted by Crippen LogP contribution is -2.41. The molecule has 1 aromatic carbocycles. The van der Waals surface area contributed by atoms with Crippen LogP contribution in [0.3, 0.4) is 0 Å². The first kappa shape index (κ1) is 23.8. The number of nitrogens with two attached hydrogens (primary N) is 2. The number of anilines is 2. The zero-order chi connectivity index (χ0) is 24.1. The maximum Gasteiger partial charge on any atom is 0.326 e. The Balaban J connectivity index is 1.62. The van der Waals surface area contributed by atoms with Crippen molar-refractivity contribution in [3.05, 3.63) is 46.1 Å². The van der Waals surface area contributed by atoms with Crippen LogP contribution in [-0.4, -0.2) is 49.1 Å². The van der Waals surface area contributed by atoms with Crippen LogP contribution in [0, 0.1) is 0 Å². The monoisotopic (exact) mass is 474 g/mol. The van der Waals surface area contributed by atoms with Crippen LogP contribution in [-0.2, 0) is 22.4 Å². The van der Waals surface area contributed by atoms with E-state index >= 15 is 0 Å². The Bertz CT molecular complexity index is 1210. The number of aryl methyl sites for hydroxylation is 2. The highest BCUT2D eigenvalue weighted by molar-refractivity contribution is 6.31. The zero-order valence-electron chi connectivity index (χ0n) is 17.5. The van der Waals surface area contributed by atoms with Gasteiger partial charge in [-0.25, -0.2) is 4.79 Å². The third-order valence-corrected chi connectivity index (χ3v) is 5.47. The van der Waals surface area contributed by atoms with Crippen LogP contribution in [0.2, 0.25) is 5.02 Å². The summed E-state index contributed by atoms with van der Waals surface area (Å²) in [6.07, 6.45) is 3.25. The number of aromatic amines is 1. The molecule has 1 amide bonds. The van der Waals surface area contributed by atoms with E-state index in [1.54, 1.807) is 12.1 Å². The number of aromatic nitrogens is 3. The molecule has 3 rings (SSSR count). The minimum absolute atomic E-state index is 0.0980. The summed E-state index contributed by atoms with van der Waals surface area (Å²) in [6.45, 7) is 0. The molecule has 0 spiro atoms. The van der Waals surface area contributed by atoms with Crippen LogP contribution in [0.25, 0.3) is 11.0 Å². The Morgan fingerprint density at radius 2 is 1.85 bits per heavy atom. The number of nitrogens with one attached hydrogen (secondary N) is 2. The van der Waals surface area contributed by atoms with Gasteiger partial charge in [0, 0.05) is 23.2 Å². The molecule has 0 aliphatic rings. The van der Waals surface area contributed by atoms with Crippen molar-refractivity contribution in [2.75, 3.05) is 11.5 Å². The number of fused-ring (bicyclic) bond motifs is 1. The van der Waals surface area contributed by atoms with Gasteiger partial charge < -0.3 is 32.0 Å². The van der Waals surface area contributed by atoms with Gasteiger partial charge in [0.25, 0.3) is 5.91 Å². The van der Waals surface area contributed by atoms with Crippen molar-refractivity contribution in [2.45, 2.75) is 38.1 Å². The van der Waals surface area contributed by atoms with Crippen molar-refractivity contribution in [1.29, 1.82) is 0 Å². The first-order chi connectivity index (χ1) is 15.7. The van der Waals surface area contributed by atoms with E-state index in [0.717, 1.165) is 22.9 Å². The summed E-state index contributed by atoms with van der Waals surface area (Å²) < 4.78 is 0. The maximum absolute atomic E-state index is 12.4. The Labute approximate surface area is 193 Å². The molecule has 0 bridgehead atoms. The lowest BCUT2D eigenvalue weighted by molar-refractivity contribution is -0.140. The quantitative estimate of drug-likeness (QED) is 0.254. The first-order valence-corrected chi connectivity index (χ1v) is 10.5. The van der Waals surface area contributed by atoms with Crippen molar-refractivity contribution < 1.29 is 24.6 Å². The Kier molecular flexibility index (Phi) is 7.34. The summed E-state index contributed by atoms with van der Waals surface area (Å²) in [4.78, 5) is 45.5. The van der Waals surface area contributed by atoms with Gasteiger partial charge in [-0.15, -0.1) is 0 Å². The van der Waals surface area contributed by atoms with Crippen molar-refractivity contribution >= 4 is 52.2 Å². The molecule has 33 heavy (non-hydrogen) atoms. The summed E-state index contributed by atoms with van der Waals surface area (Å²) in [5, 5.41) is 21.4. The van der Waals surface area contributed by atoms with E-state index in [-0.39, 0.29) is 24.4 Å². The second-order valence-electron chi connectivity index (χ2n) is 7.46. The fourth-order valence-electron chi connectivity index (χ4n) is 3.47. The van der Waals surface area contributed by atoms with E-state index in [9.17, 15) is 19.5 Å². The SMILES string of the molecule is Nc1nc(N)c2c(CCCc3ccc(C(=O)N[C@@H](CCC(=O)O)C(=O)O)cc3Cl)c[nH]c2n1. The van der Waals surface area contributed by atoms with Gasteiger partial charge in [0.15, 0.2) is 0 Å². The number of carbonyl (C=O) groups excluding carboxylic acids is 1. The van der Waals surface area contributed by atoms with Crippen LogP contribution in [0.5, 0.6) is 0 Å². The number of halogens is 1. The molecule has 8 N–H and O–H groups in total. The predicted octanol–water partition coefficient (Wildman–Crippen LogP) is 2.00. The molecule has 0 saturated heterocycles. The Morgan fingerprint density at radius 1 is 1.12 bits per heavy atom. The number of benzene rings is 1. The normalized spacial score (nSPS) is 11.9. The standard InChI is InChI=1S/C21H23ClN6O5/c22-13-8-11(19(31)26-14(20(32)33)6-7-15(29)30)5-4-10(13)2-1-3-12-9-25-18-16(12)17(23)27-21(24)28-18/h4-5,8-9,14H,1-3,6-7H2,(H,26,31)(H,29,30)(H,32,33)(H5,23,24,25,27,28)/t14-/m0/s1. The van der Waals surface area contributed by atoms with Crippen LogP contribution in [0.15, 0.2) is 24.4 Å². The van der Waals surface area contributed by atoms with Gasteiger partial charge in [-0.1, -0.05) is 17.7 Å². The molecule has 0 aliphatic heterocycles. The number of nitrogens with zero attached hydrogens (tertiary/aromatic N) is 2. The number of carbonyl (C=O) groups is 3. The predicted molar refractivity (Wildman–Crippen MR) is 122 cm³/mol. The molecule has 12 heteroatoms. The van der Waals surface area contributed by atoms with E-state index < -0.39 is 23.9 Å². The summed E-state index contributed by atoms with van der Waals surface area (Å²) in [5.74, 6) is -2.69. The summed E-state index contributed by atoms with van der Waals surface area (Å²) in [5.41, 5.74) is 14.1. The minimum atomic E-state index is -1.31. The van der Waals surface area contributed by atoms with Crippen molar-refractivity contribution in [3.8, 4) is 0 Å². The van der Waals surface area contributed by atoms with E-state index in [2.05, 4.69) is 20.3 Å². The second kappa shape index (κ2) is 10.2. The molecule has 11 nitrogen and oxygen atoms in total. The zero-order valence-corrected chi connectivity index (χ0v) is 18.2. The number of rotatable bonds is 10. The fourth-order valence-corrected chi connectivity index (χ4v) is 3.74. The average molecular weight is 475 g/mol. The molecule has 0 unspecified atom stereocenters. The summed E-state index contributed by atoms with van der Waals surface area (Å²) in [7, 11) is 0. The van der Waals surface area contributed by atoms with Crippen molar-refractivity contribution in [3.63, 3.8) is 0 Å². The number of carboxylic acid groups (broad SMARTS) is 2. The number of amides is 1. The third-order valence-electron chi connectivity index (χ3n) is 5.12. The fraction of sp³-hybridized carbons (Fsp3) is 0.286.